The molecule has 44 valence electrons. The molecule has 0 aromatic rings. The maximum atomic E-state index is 9.83. The number of nitrogens with zero attached hydrogens (tertiary/aromatic N) is 3. The van der Waals surface area contributed by atoms with Crippen LogP contribution in [0.15, 0.2) is 5.11 Å². The van der Waals surface area contributed by atoms with Gasteiger partial charge in [-0.2, -0.15) is 0 Å². The van der Waals surface area contributed by atoms with Crippen molar-refractivity contribution < 1.29 is 4.79 Å². The summed E-state index contributed by atoms with van der Waals surface area (Å²) in [6.07, 6.45) is 0.759. The van der Waals surface area contributed by atoms with Crippen LogP contribution < -0.4 is 0 Å². The summed E-state index contributed by atoms with van der Waals surface area (Å²) in [7, 11) is 0. The predicted molar refractivity (Wildman–Crippen MR) is 29.2 cm³/mol. The van der Waals surface area contributed by atoms with Crippen molar-refractivity contribution >= 4 is 6.29 Å². The third-order valence-corrected chi connectivity index (χ3v) is 0.665. The Morgan fingerprint density at radius 2 is 2.62 bits per heavy atom. The lowest BCUT2D eigenvalue weighted by atomic mass is 10.2. The van der Waals surface area contributed by atoms with Gasteiger partial charge in [0.05, 0.1) is 0 Å². The van der Waals surface area contributed by atoms with E-state index in [2.05, 4.69) is 10.0 Å². The molecule has 0 heterocycles. The first-order valence-electron chi connectivity index (χ1n) is 2.27. The Kier molecular flexibility index (Phi) is 3.62. The third-order valence-electron chi connectivity index (χ3n) is 0.665. The minimum atomic E-state index is -0.147. The zero-order valence-corrected chi connectivity index (χ0v) is 4.61. The van der Waals surface area contributed by atoms with E-state index in [0.29, 0.717) is 0 Å². The summed E-state index contributed by atoms with van der Waals surface area (Å²) in [5.41, 5.74) is 7.75. The fourth-order valence-electron chi connectivity index (χ4n) is 0.208. The number of azide groups is 1. The highest BCUT2D eigenvalue weighted by molar-refractivity contribution is 5.52. The molecule has 0 rings (SSSR count). The number of hydrogen-bond acceptors (Lipinski definition) is 2. The molecule has 0 aromatic carbocycles. The van der Waals surface area contributed by atoms with Crippen molar-refractivity contribution in [3.05, 3.63) is 10.4 Å². The number of hydrogen-bond donors (Lipinski definition) is 0. The lowest BCUT2D eigenvalue weighted by Crippen LogP contribution is -1.97. The van der Waals surface area contributed by atoms with Crippen LogP contribution >= 0.6 is 0 Å². The molecule has 0 aliphatic rings. The molecule has 4 heteroatoms. The van der Waals surface area contributed by atoms with Crippen LogP contribution in [0.5, 0.6) is 0 Å². The Bertz CT molecular complexity index is 116. The van der Waals surface area contributed by atoms with E-state index in [0.717, 1.165) is 6.29 Å². The summed E-state index contributed by atoms with van der Waals surface area (Å²) in [5.74, 6) is -0.147. The van der Waals surface area contributed by atoms with Crippen molar-refractivity contribution in [1.29, 1.82) is 0 Å². The van der Waals surface area contributed by atoms with Gasteiger partial charge in [0.15, 0.2) is 0 Å². The van der Waals surface area contributed by atoms with Crippen LogP contribution in [0.4, 0.5) is 0 Å². The molecule has 0 fully saturated rings. The van der Waals surface area contributed by atoms with Gasteiger partial charge in [-0.05, 0) is 5.53 Å². The Balaban J connectivity index is 3.38. The molecule has 0 saturated carbocycles. The van der Waals surface area contributed by atoms with Crippen LogP contribution in [0.2, 0.25) is 0 Å². The standard InChI is InChI=1S/C4H7N3O/c1-4(3-8)2-6-7-5/h3-4H,2H2,1H3/t4-/m0/s1. The molecule has 0 saturated heterocycles. The SMILES string of the molecule is C[C@H](C=O)CN=[N+]=[N-]. The minimum absolute atomic E-state index is 0.147. The van der Waals surface area contributed by atoms with E-state index in [-0.39, 0.29) is 12.5 Å². The molecule has 0 aliphatic carbocycles. The van der Waals surface area contributed by atoms with Crippen molar-refractivity contribution in [2.24, 2.45) is 11.0 Å². The molecule has 4 nitrogen and oxygen atoms in total. The van der Waals surface area contributed by atoms with Gasteiger partial charge in [0.2, 0.25) is 0 Å². The monoisotopic (exact) mass is 113 g/mol. The highest BCUT2D eigenvalue weighted by Gasteiger charge is 1.93. The second-order valence-electron chi connectivity index (χ2n) is 1.53. The van der Waals surface area contributed by atoms with Crippen molar-refractivity contribution in [2.45, 2.75) is 6.92 Å². The largest absolute Gasteiger partial charge is 0.303 e. The summed E-state index contributed by atoms with van der Waals surface area (Å²) in [6, 6.07) is 0. The van der Waals surface area contributed by atoms with Crippen LogP contribution in [0.3, 0.4) is 0 Å². The van der Waals surface area contributed by atoms with Gasteiger partial charge >= 0.3 is 0 Å². The van der Waals surface area contributed by atoms with Gasteiger partial charge in [0.25, 0.3) is 0 Å². The van der Waals surface area contributed by atoms with Crippen LogP contribution in [0, 0.1) is 5.92 Å². The van der Waals surface area contributed by atoms with E-state index in [9.17, 15) is 4.79 Å². The first-order valence-corrected chi connectivity index (χ1v) is 2.27. The Morgan fingerprint density at radius 3 is 3.00 bits per heavy atom. The van der Waals surface area contributed by atoms with Crippen LogP contribution in [-0.2, 0) is 4.79 Å². The summed E-state index contributed by atoms with van der Waals surface area (Å²) < 4.78 is 0. The van der Waals surface area contributed by atoms with Gasteiger partial charge in [0, 0.05) is 17.4 Å². The zero-order chi connectivity index (χ0) is 6.41. The molecule has 0 spiro atoms. The molecule has 0 amide bonds. The van der Waals surface area contributed by atoms with E-state index in [1.807, 2.05) is 0 Å². The van der Waals surface area contributed by atoms with Gasteiger partial charge in [-0.15, -0.1) is 0 Å². The second-order valence-corrected chi connectivity index (χ2v) is 1.53. The Morgan fingerprint density at radius 1 is 2.00 bits per heavy atom. The molecular formula is C4H7N3O. The summed E-state index contributed by atoms with van der Waals surface area (Å²) in [4.78, 5) is 12.3. The fraction of sp³-hybridized carbons (Fsp3) is 0.750. The molecule has 0 N–H and O–H groups in total. The minimum Gasteiger partial charge on any atom is -0.303 e. The third kappa shape index (κ3) is 3.18. The molecule has 0 aliphatic heterocycles. The lowest BCUT2D eigenvalue weighted by molar-refractivity contribution is -0.110. The molecule has 0 radical (unpaired) electrons. The van der Waals surface area contributed by atoms with Crippen molar-refractivity contribution in [2.75, 3.05) is 6.54 Å². The van der Waals surface area contributed by atoms with Gasteiger partial charge < -0.3 is 4.79 Å². The number of aldehydes is 1. The smallest absolute Gasteiger partial charge is 0.122 e. The van der Waals surface area contributed by atoms with E-state index in [4.69, 9.17) is 5.53 Å². The first-order chi connectivity index (χ1) is 3.81. The average Bonchev–Trinajstić information content (AvgIpc) is 1.83. The first kappa shape index (κ1) is 6.98. The Hall–Kier alpha value is -1.02. The average molecular weight is 113 g/mol. The molecule has 0 bridgehead atoms. The van der Waals surface area contributed by atoms with Crippen LogP contribution in [0.1, 0.15) is 6.92 Å². The van der Waals surface area contributed by atoms with E-state index < -0.39 is 0 Å². The maximum Gasteiger partial charge on any atom is 0.122 e. The van der Waals surface area contributed by atoms with Gasteiger partial charge in [-0.3, -0.25) is 0 Å². The quantitative estimate of drug-likeness (QED) is 0.234. The zero-order valence-electron chi connectivity index (χ0n) is 4.61. The highest BCUT2D eigenvalue weighted by Crippen LogP contribution is 1.88. The van der Waals surface area contributed by atoms with E-state index in [1.54, 1.807) is 6.92 Å². The second kappa shape index (κ2) is 4.15. The molecular weight excluding hydrogens is 106 g/mol. The van der Waals surface area contributed by atoms with Gasteiger partial charge in [0.1, 0.15) is 6.29 Å². The predicted octanol–water partition coefficient (Wildman–Crippen LogP) is 1.13. The maximum absolute atomic E-state index is 9.83. The Labute approximate surface area is 47.1 Å². The van der Waals surface area contributed by atoms with Crippen molar-refractivity contribution in [1.82, 2.24) is 0 Å². The highest BCUT2D eigenvalue weighted by atomic mass is 16.1. The van der Waals surface area contributed by atoms with Gasteiger partial charge in [-0.1, -0.05) is 12.0 Å². The van der Waals surface area contributed by atoms with E-state index in [1.165, 1.54) is 0 Å². The summed E-state index contributed by atoms with van der Waals surface area (Å²) in [5, 5.41) is 3.19. The van der Waals surface area contributed by atoms with Crippen molar-refractivity contribution in [3.8, 4) is 0 Å². The summed E-state index contributed by atoms with van der Waals surface area (Å²) in [6.45, 7) is 1.96. The topological polar surface area (TPSA) is 65.8 Å². The van der Waals surface area contributed by atoms with Crippen LogP contribution in [0.25, 0.3) is 10.4 Å². The normalized spacial score (nSPS) is 11.6. The molecule has 8 heavy (non-hydrogen) atoms. The number of carbonyl (C=O) groups is 1. The van der Waals surface area contributed by atoms with Crippen LogP contribution in [-0.4, -0.2) is 12.8 Å². The van der Waals surface area contributed by atoms with Crippen molar-refractivity contribution in [3.63, 3.8) is 0 Å². The number of rotatable bonds is 3. The summed E-state index contributed by atoms with van der Waals surface area (Å²) >= 11 is 0. The van der Waals surface area contributed by atoms with Gasteiger partial charge in [-0.25, -0.2) is 0 Å². The molecule has 0 aromatic heterocycles. The number of carbonyl (C=O) groups excluding carboxylic acids is 1. The molecule has 0 unspecified atom stereocenters. The molecule has 1 atom stereocenters. The fourth-order valence-corrected chi connectivity index (χ4v) is 0.208. The van der Waals surface area contributed by atoms with E-state index >= 15 is 0 Å². The lowest BCUT2D eigenvalue weighted by Gasteiger charge is -1.90.